The number of allylic oxidation sites excluding steroid dienone is 3. The Bertz CT molecular complexity index is 680. The molecule has 170 valence electrons. The Hall–Kier alpha value is -1.37. The lowest BCUT2D eigenvalue weighted by molar-refractivity contribution is 0.176. The molecule has 1 heterocycles. The molecular formula is C24H39ClN2O3. The van der Waals surface area contributed by atoms with E-state index >= 15 is 0 Å². The van der Waals surface area contributed by atoms with E-state index in [0.717, 1.165) is 56.0 Å². The van der Waals surface area contributed by atoms with E-state index in [2.05, 4.69) is 48.3 Å². The van der Waals surface area contributed by atoms with E-state index in [0.29, 0.717) is 23.6 Å². The van der Waals surface area contributed by atoms with Crippen molar-refractivity contribution < 1.29 is 16.1 Å². The molecule has 3 rings (SSSR count). The molecule has 1 atom stereocenters. The number of rotatable bonds is 8. The minimum atomic E-state index is 0. The molecule has 0 saturated carbocycles. The van der Waals surface area contributed by atoms with Gasteiger partial charge in [0.05, 0.1) is 5.76 Å². The maximum absolute atomic E-state index is 10.0. The van der Waals surface area contributed by atoms with Crippen molar-refractivity contribution in [2.45, 2.75) is 57.9 Å². The first-order chi connectivity index (χ1) is 13.5. The predicted molar refractivity (Wildman–Crippen MR) is 126 cm³/mol. The molecule has 0 aromatic heterocycles. The van der Waals surface area contributed by atoms with Gasteiger partial charge < -0.3 is 26.3 Å². The van der Waals surface area contributed by atoms with Crippen LogP contribution in [0.2, 0.25) is 5.02 Å². The Morgan fingerprint density at radius 2 is 1.80 bits per heavy atom. The van der Waals surface area contributed by atoms with Gasteiger partial charge in [0.15, 0.2) is 0 Å². The second kappa shape index (κ2) is 13.1. The lowest BCUT2D eigenvalue weighted by atomic mass is 9.89. The predicted octanol–water partition coefficient (Wildman–Crippen LogP) is 4.04. The molecule has 1 aliphatic carbocycles. The molecule has 1 fully saturated rings. The monoisotopic (exact) mass is 438 g/mol. The number of halogens is 1. The first-order valence-electron chi connectivity index (χ1n) is 10.8. The summed E-state index contributed by atoms with van der Waals surface area (Å²) in [5.41, 5.74) is 2.53. The molecule has 1 aromatic rings. The van der Waals surface area contributed by atoms with Crippen LogP contribution in [0.5, 0.6) is 0 Å². The minimum Gasteiger partial charge on any atom is -0.512 e. The van der Waals surface area contributed by atoms with Crippen LogP contribution in [0.4, 0.5) is 0 Å². The molecule has 6 N–H and O–H groups in total. The fourth-order valence-corrected chi connectivity index (χ4v) is 4.42. The Kier molecular flexibility index (Phi) is 11.7. The van der Waals surface area contributed by atoms with Crippen molar-refractivity contribution in [1.29, 1.82) is 0 Å². The zero-order chi connectivity index (χ0) is 19.9. The second-order valence-electron chi connectivity index (χ2n) is 8.59. The molecular weight excluding hydrogens is 400 g/mol. The van der Waals surface area contributed by atoms with Crippen LogP contribution in [-0.4, -0.2) is 53.2 Å². The molecule has 0 bridgehead atoms. The number of nitrogens with one attached hydrogen (secondary N) is 1. The Balaban J connectivity index is 0.00000225. The van der Waals surface area contributed by atoms with Crippen LogP contribution in [-0.2, 0) is 0 Å². The Labute approximate surface area is 186 Å². The second-order valence-corrected chi connectivity index (χ2v) is 9.03. The number of aliphatic hydroxyl groups is 1. The van der Waals surface area contributed by atoms with Gasteiger partial charge in [0.25, 0.3) is 0 Å². The quantitative estimate of drug-likeness (QED) is 0.640. The average molecular weight is 439 g/mol. The fourth-order valence-electron chi connectivity index (χ4n) is 4.30. The van der Waals surface area contributed by atoms with Crippen molar-refractivity contribution >= 4 is 11.6 Å². The largest absolute Gasteiger partial charge is 0.512 e. The van der Waals surface area contributed by atoms with Crippen molar-refractivity contribution in [3.63, 3.8) is 0 Å². The highest BCUT2D eigenvalue weighted by Gasteiger charge is 2.24. The van der Waals surface area contributed by atoms with E-state index in [-0.39, 0.29) is 11.0 Å². The van der Waals surface area contributed by atoms with Crippen LogP contribution in [0, 0.1) is 5.92 Å². The third kappa shape index (κ3) is 7.71. The number of nitrogens with zero attached hydrogens (tertiary/aromatic N) is 1. The van der Waals surface area contributed by atoms with Crippen LogP contribution in [0.3, 0.4) is 0 Å². The molecule has 30 heavy (non-hydrogen) atoms. The number of likely N-dealkylation sites (tertiary alicyclic amines) is 1. The van der Waals surface area contributed by atoms with Crippen molar-refractivity contribution in [2.75, 3.05) is 26.2 Å². The van der Waals surface area contributed by atoms with E-state index < -0.39 is 0 Å². The molecule has 1 aliphatic heterocycles. The van der Waals surface area contributed by atoms with Crippen molar-refractivity contribution in [3.05, 3.63) is 58.3 Å². The minimum absolute atomic E-state index is 0. The maximum Gasteiger partial charge on any atom is 0.0957 e. The molecule has 0 spiro atoms. The van der Waals surface area contributed by atoms with Crippen LogP contribution in [0.15, 0.2) is 47.7 Å². The molecule has 0 amide bonds. The smallest absolute Gasteiger partial charge is 0.0957 e. The molecule has 5 nitrogen and oxygen atoms in total. The van der Waals surface area contributed by atoms with Crippen molar-refractivity contribution in [3.8, 4) is 0 Å². The number of piperidine rings is 1. The Morgan fingerprint density at radius 1 is 1.13 bits per heavy atom. The highest BCUT2D eigenvalue weighted by atomic mass is 35.5. The van der Waals surface area contributed by atoms with E-state index in [1.54, 1.807) is 0 Å². The summed E-state index contributed by atoms with van der Waals surface area (Å²) in [6.45, 7) is 8.95. The van der Waals surface area contributed by atoms with Gasteiger partial charge in [-0.2, -0.15) is 0 Å². The standard InChI is InChI=1S/C24H35ClN2O.2H2O/c1-18(2)23(26-14-11-21-5-3-4-6-24(21)28)17-27-15-12-20(13-16-27)19-7-9-22(25)10-8-19;;/h3,5,7-10,18,20,23,26,28H,4,6,11-17H2,1-2H3;2*1H2/t23-;;/m0../s1. The van der Waals surface area contributed by atoms with E-state index in [4.69, 9.17) is 11.6 Å². The molecule has 0 unspecified atom stereocenters. The van der Waals surface area contributed by atoms with Gasteiger partial charge in [-0.3, -0.25) is 0 Å². The molecule has 2 aliphatic rings. The number of hydrogen-bond donors (Lipinski definition) is 2. The summed E-state index contributed by atoms with van der Waals surface area (Å²) in [6, 6.07) is 8.88. The van der Waals surface area contributed by atoms with Crippen LogP contribution in [0.1, 0.15) is 57.4 Å². The third-order valence-corrected chi connectivity index (χ3v) is 6.48. The molecule has 0 radical (unpaired) electrons. The lowest BCUT2D eigenvalue weighted by Gasteiger charge is -2.36. The van der Waals surface area contributed by atoms with Gasteiger partial charge in [-0.15, -0.1) is 0 Å². The number of benzene rings is 1. The summed E-state index contributed by atoms with van der Waals surface area (Å²) < 4.78 is 0. The van der Waals surface area contributed by atoms with E-state index in [1.807, 2.05) is 12.1 Å². The zero-order valence-corrected chi connectivity index (χ0v) is 19.1. The first-order valence-corrected chi connectivity index (χ1v) is 11.2. The van der Waals surface area contributed by atoms with Crippen LogP contribution >= 0.6 is 11.6 Å². The van der Waals surface area contributed by atoms with Gasteiger partial charge in [0.1, 0.15) is 0 Å². The summed E-state index contributed by atoms with van der Waals surface area (Å²) in [5.74, 6) is 1.83. The summed E-state index contributed by atoms with van der Waals surface area (Å²) in [4.78, 5) is 2.61. The van der Waals surface area contributed by atoms with E-state index in [1.165, 1.54) is 18.4 Å². The van der Waals surface area contributed by atoms with Crippen molar-refractivity contribution in [2.24, 2.45) is 5.92 Å². The van der Waals surface area contributed by atoms with Gasteiger partial charge in [-0.05, 0) is 80.4 Å². The zero-order valence-electron chi connectivity index (χ0n) is 18.3. The maximum atomic E-state index is 10.0. The van der Waals surface area contributed by atoms with Crippen molar-refractivity contribution in [1.82, 2.24) is 10.2 Å². The van der Waals surface area contributed by atoms with Gasteiger partial charge >= 0.3 is 0 Å². The number of aliphatic hydroxyl groups excluding tert-OH is 1. The average Bonchev–Trinajstić information content (AvgIpc) is 2.70. The SMILES string of the molecule is CC(C)[C@H](CN1CCC(c2ccc(Cl)cc2)CC1)NCCC1=C(O)CCC=C1.O.O. The topological polar surface area (TPSA) is 98.5 Å². The van der Waals surface area contributed by atoms with Gasteiger partial charge in [-0.25, -0.2) is 0 Å². The van der Waals surface area contributed by atoms with E-state index in [9.17, 15) is 5.11 Å². The fraction of sp³-hybridized carbons (Fsp3) is 0.583. The summed E-state index contributed by atoms with van der Waals surface area (Å²) in [5, 5.41) is 14.6. The lowest BCUT2D eigenvalue weighted by Crippen LogP contribution is -2.46. The normalized spacial score (nSPS) is 18.8. The first kappa shape index (κ1) is 26.7. The Morgan fingerprint density at radius 3 is 2.40 bits per heavy atom. The van der Waals surface area contributed by atoms with Gasteiger partial charge in [-0.1, -0.05) is 49.7 Å². The van der Waals surface area contributed by atoms with Gasteiger partial charge in [0.2, 0.25) is 0 Å². The summed E-state index contributed by atoms with van der Waals surface area (Å²) in [7, 11) is 0. The van der Waals surface area contributed by atoms with Gasteiger partial charge in [0, 0.05) is 24.0 Å². The molecule has 1 aromatic carbocycles. The summed E-state index contributed by atoms with van der Waals surface area (Å²) in [6.07, 6.45) is 9.36. The highest BCUT2D eigenvalue weighted by molar-refractivity contribution is 6.30. The molecule has 6 heteroatoms. The van der Waals surface area contributed by atoms with Crippen LogP contribution in [0.25, 0.3) is 0 Å². The third-order valence-electron chi connectivity index (χ3n) is 6.23. The number of hydrogen-bond acceptors (Lipinski definition) is 3. The highest BCUT2D eigenvalue weighted by Crippen LogP contribution is 2.29. The summed E-state index contributed by atoms with van der Waals surface area (Å²) >= 11 is 6.02. The molecule has 1 saturated heterocycles. The van der Waals surface area contributed by atoms with Crippen LogP contribution < -0.4 is 5.32 Å².